The number of alkyl halides is 3. The first-order valence-corrected chi connectivity index (χ1v) is 12.8. The highest BCUT2D eigenvalue weighted by Crippen LogP contribution is 2.53. The van der Waals surface area contributed by atoms with E-state index in [1.54, 1.807) is 6.92 Å². The largest absolute Gasteiger partial charge is 0.417 e. The number of β-amino-alcohol motifs (C(OH)–C–C–N with tert-alkyl or cyclic N) is 1. The Morgan fingerprint density at radius 3 is 2.49 bits per heavy atom. The monoisotopic (exact) mass is 545 g/mol. The molecule has 0 unspecified atom stereocenters. The van der Waals surface area contributed by atoms with Crippen LogP contribution in [0.5, 0.6) is 0 Å². The van der Waals surface area contributed by atoms with Gasteiger partial charge in [0.2, 0.25) is 11.8 Å². The third-order valence-corrected chi connectivity index (χ3v) is 8.22. The zero-order valence-corrected chi connectivity index (χ0v) is 21.3. The maximum atomic E-state index is 12.9. The Hall–Kier alpha value is -2.37. The van der Waals surface area contributed by atoms with E-state index < -0.39 is 46.8 Å². The van der Waals surface area contributed by atoms with Crippen LogP contribution in [0.15, 0.2) is 18.2 Å². The summed E-state index contributed by atoms with van der Waals surface area (Å²) in [4.78, 5) is 42.7. The molecule has 3 fully saturated rings. The van der Waals surface area contributed by atoms with Crippen LogP contribution in [0.1, 0.15) is 43.7 Å². The number of carbonyl (C=O) groups is 3. The number of nitrogens with zero attached hydrogens (tertiary/aromatic N) is 3. The summed E-state index contributed by atoms with van der Waals surface area (Å²) < 4.78 is 38.7. The van der Waals surface area contributed by atoms with Crippen molar-refractivity contribution < 1.29 is 37.8 Å². The van der Waals surface area contributed by atoms with Crippen molar-refractivity contribution in [3.05, 3.63) is 34.3 Å². The Morgan fingerprint density at radius 1 is 1.19 bits per heavy atom. The molecule has 3 atom stereocenters. The summed E-state index contributed by atoms with van der Waals surface area (Å²) in [5.41, 5.74) is -0.728. The first-order chi connectivity index (χ1) is 17.3. The molecule has 12 heteroatoms. The second kappa shape index (κ2) is 10.4. The lowest BCUT2D eigenvalue weighted by Crippen LogP contribution is -2.58. The van der Waals surface area contributed by atoms with Crippen molar-refractivity contribution in [2.45, 2.75) is 63.5 Å². The SMILES string of the molecule is C[C@H]1C(=O)N(CC[C@H](O)C(=O)N2CCC3(CC3)[C@H](O)C2)CCN1C(=O)Cc1ccc(C(F)(F)F)c(Cl)c1. The number of piperidine rings is 1. The molecule has 37 heavy (non-hydrogen) atoms. The standard InChI is InChI=1S/C25H31ClF3N3O5/c1-15-22(36)30(8-4-19(33)23(37)31-9-7-24(5-6-24)20(34)14-31)10-11-32(15)21(35)13-16-2-3-17(18(26)12-16)25(27,28)29/h2-3,12,15,19-20,33-34H,4-11,13-14H2,1H3/t15-,19-,20+/m0/s1. The highest BCUT2D eigenvalue weighted by molar-refractivity contribution is 6.31. The molecule has 0 radical (unpaired) electrons. The molecule has 2 N–H and O–H groups in total. The smallest absolute Gasteiger partial charge is 0.391 e. The van der Waals surface area contributed by atoms with Gasteiger partial charge in [-0.05, 0) is 55.7 Å². The fraction of sp³-hybridized carbons (Fsp3) is 0.640. The molecule has 2 heterocycles. The minimum atomic E-state index is -4.59. The lowest BCUT2D eigenvalue weighted by molar-refractivity contribution is -0.151. The Morgan fingerprint density at radius 2 is 1.89 bits per heavy atom. The average Bonchev–Trinajstić information content (AvgIpc) is 3.61. The molecule has 0 bridgehead atoms. The van der Waals surface area contributed by atoms with Gasteiger partial charge in [0, 0.05) is 32.7 Å². The van der Waals surface area contributed by atoms with Gasteiger partial charge in [-0.15, -0.1) is 0 Å². The summed E-state index contributed by atoms with van der Waals surface area (Å²) in [7, 11) is 0. The molecule has 8 nitrogen and oxygen atoms in total. The molecule has 1 aromatic carbocycles. The maximum absolute atomic E-state index is 12.9. The van der Waals surface area contributed by atoms with Crippen LogP contribution < -0.4 is 0 Å². The van der Waals surface area contributed by atoms with E-state index in [-0.39, 0.29) is 50.3 Å². The lowest BCUT2D eigenvalue weighted by Gasteiger charge is -2.40. The number of hydrogen-bond donors (Lipinski definition) is 2. The van der Waals surface area contributed by atoms with Gasteiger partial charge < -0.3 is 24.9 Å². The Kier molecular flexibility index (Phi) is 7.79. The van der Waals surface area contributed by atoms with Crippen LogP contribution in [-0.4, -0.2) is 93.6 Å². The van der Waals surface area contributed by atoms with Crippen molar-refractivity contribution in [1.29, 1.82) is 0 Å². The molecular formula is C25H31ClF3N3O5. The molecule has 1 aliphatic carbocycles. The van der Waals surface area contributed by atoms with Gasteiger partial charge in [-0.3, -0.25) is 14.4 Å². The minimum Gasteiger partial charge on any atom is -0.391 e. The van der Waals surface area contributed by atoms with Gasteiger partial charge in [0.15, 0.2) is 0 Å². The Labute approximate surface area is 218 Å². The number of likely N-dealkylation sites (tertiary alicyclic amines) is 1. The van der Waals surface area contributed by atoms with Crippen LogP contribution in [0.4, 0.5) is 13.2 Å². The highest BCUT2D eigenvalue weighted by atomic mass is 35.5. The highest BCUT2D eigenvalue weighted by Gasteiger charge is 2.52. The summed E-state index contributed by atoms with van der Waals surface area (Å²) in [6.45, 7) is 2.81. The molecule has 3 amide bonds. The molecule has 2 aliphatic heterocycles. The van der Waals surface area contributed by atoms with E-state index in [1.807, 2.05) is 0 Å². The van der Waals surface area contributed by atoms with Crippen LogP contribution in [0.25, 0.3) is 0 Å². The predicted molar refractivity (Wildman–Crippen MR) is 127 cm³/mol. The molecule has 1 aromatic rings. The summed E-state index contributed by atoms with van der Waals surface area (Å²) in [5.74, 6) is -1.21. The number of carbonyl (C=O) groups excluding carboxylic acids is 3. The predicted octanol–water partition coefficient (Wildman–Crippen LogP) is 2.09. The fourth-order valence-corrected chi connectivity index (χ4v) is 5.55. The van der Waals surface area contributed by atoms with E-state index in [0.717, 1.165) is 31.4 Å². The molecule has 2 saturated heterocycles. The Balaban J connectivity index is 1.27. The third-order valence-electron chi connectivity index (χ3n) is 7.90. The van der Waals surface area contributed by atoms with Crippen molar-refractivity contribution in [1.82, 2.24) is 14.7 Å². The van der Waals surface area contributed by atoms with Crippen molar-refractivity contribution in [2.75, 3.05) is 32.7 Å². The molecule has 3 aliphatic rings. The molecule has 204 valence electrons. The Bertz CT molecular complexity index is 1060. The first kappa shape index (κ1) is 27.7. The number of piperazine rings is 1. The maximum Gasteiger partial charge on any atom is 0.417 e. The van der Waals surface area contributed by atoms with Crippen molar-refractivity contribution in [3.8, 4) is 0 Å². The minimum absolute atomic E-state index is 0.0348. The van der Waals surface area contributed by atoms with E-state index in [0.29, 0.717) is 12.1 Å². The van der Waals surface area contributed by atoms with Crippen LogP contribution in [-0.2, 0) is 27.0 Å². The van der Waals surface area contributed by atoms with Gasteiger partial charge in [-0.25, -0.2) is 0 Å². The normalized spacial score (nSPS) is 24.4. The van der Waals surface area contributed by atoms with Crippen molar-refractivity contribution >= 4 is 29.3 Å². The molecule has 4 rings (SSSR count). The number of aliphatic hydroxyl groups excluding tert-OH is 2. The second-order valence-corrected chi connectivity index (χ2v) is 10.7. The number of amides is 3. The topological polar surface area (TPSA) is 101 Å². The first-order valence-electron chi connectivity index (χ1n) is 12.4. The number of aliphatic hydroxyl groups is 2. The van der Waals surface area contributed by atoms with E-state index in [4.69, 9.17) is 11.6 Å². The van der Waals surface area contributed by atoms with Crippen LogP contribution in [0.3, 0.4) is 0 Å². The molecular weight excluding hydrogens is 515 g/mol. The number of rotatable bonds is 6. The van der Waals surface area contributed by atoms with Crippen molar-refractivity contribution in [3.63, 3.8) is 0 Å². The lowest BCUT2D eigenvalue weighted by atomic mass is 9.90. The average molecular weight is 546 g/mol. The third kappa shape index (κ3) is 5.88. The van der Waals surface area contributed by atoms with Gasteiger partial charge in [-0.1, -0.05) is 17.7 Å². The summed E-state index contributed by atoms with van der Waals surface area (Å²) in [6, 6.07) is 2.33. The molecule has 1 saturated carbocycles. The number of hydrogen-bond acceptors (Lipinski definition) is 5. The quantitative estimate of drug-likeness (QED) is 0.570. The van der Waals surface area contributed by atoms with Gasteiger partial charge in [-0.2, -0.15) is 13.2 Å². The van der Waals surface area contributed by atoms with Gasteiger partial charge >= 0.3 is 6.18 Å². The van der Waals surface area contributed by atoms with Crippen LogP contribution >= 0.6 is 11.6 Å². The summed E-state index contributed by atoms with van der Waals surface area (Å²) >= 11 is 5.74. The van der Waals surface area contributed by atoms with E-state index >= 15 is 0 Å². The number of halogens is 4. The van der Waals surface area contributed by atoms with Crippen molar-refractivity contribution in [2.24, 2.45) is 5.41 Å². The van der Waals surface area contributed by atoms with Crippen LogP contribution in [0, 0.1) is 5.41 Å². The molecule has 1 spiro atoms. The molecule has 0 aromatic heterocycles. The van der Waals surface area contributed by atoms with Crippen LogP contribution in [0.2, 0.25) is 5.02 Å². The zero-order chi connectivity index (χ0) is 27.1. The van der Waals surface area contributed by atoms with Gasteiger partial charge in [0.05, 0.1) is 23.1 Å². The van der Waals surface area contributed by atoms with Gasteiger partial charge in [0.25, 0.3) is 5.91 Å². The number of benzene rings is 1. The van der Waals surface area contributed by atoms with E-state index in [9.17, 15) is 37.8 Å². The summed E-state index contributed by atoms with van der Waals surface area (Å²) in [6.07, 6.45) is -3.99. The zero-order valence-electron chi connectivity index (χ0n) is 20.5. The fourth-order valence-electron chi connectivity index (χ4n) is 5.24. The van der Waals surface area contributed by atoms with E-state index in [1.165, 1.54) is 20.8 Å². The second-order valence-electron chi connectivity index (χ2n) is 10.3. The van der Waals surface area contributed by atoms with Gasteiger partial charge in [0.1, 0.15) is 12.1 Å². The van der Waals surface area contributed by atoms with E-state index in [2.05, 4.69) is 0 Å². The summed E-state index contributed by atoms with van der Waals surface area (Å²) in [5, 5.41) is 20.2.